The van der Waals surface area contributed by atoms with Crippen LogP contribution in [0, 0.1) is 0 Å². The molecule has 3 heterocycles. The first-order chi connectivity index (χ1) is 9.84. The van der Waals surface area contributed by atoms with Crippen molar-refractivity contribution in [2.75, 3.05) is 31.1 Å². The highest BCUT2D eigenvalue weighted by molar-refractivity contribution is 5.92. The van der Waals surface area contributed by atoms with E-state index in [0.717, 1.165) is 31.9 Å². The van der Waals surface area contributed by atoms with Crippen LogP contribution in [0.2, 0.25) is 0 Å². The molecule has 2 aromatic heterocycles. The lowest BCUT2D eigenvalue weighted by Crippen LogP contribution is -2.49. The number of rotatable bonds is 2. The van der Waals surface area contributed by atoms with E-state index in [1.807, 2.05) is 29.2 Å². The van der Waals surface area contributed by atoms with E-state index in [4.69, 9.17) is 0 Å². The zero-order chi connectivity index (χ0) is 13.8. The Kier molecular flexibility index (Phi) is 3.58. The van der Waals surface area contributed by atoms with Crippen molar-refractivity contribution in [3.8, 4) is 0 Å². The molecule has 1 fully saturated rings. The van der Waals surface area contributed by atoms with Crippen molar-refractivity contribution < 1.29 is 4.79 Å². The maximum Gasteiger partial charge on any atom is 0.272 e. The third kappa shape index (κ3) is 2.61. The zero-order valence-corrected chi connectivity index (χ0v) is 11.1. The van der Waals surface area contributed by atoms with E-state index in [9.17, 15) is 4.79 Å². The summed E-state index contributed by atoms with van der Waals surface area (Å²) in [5.41, 5.74) is 1.68. The second-order valence-electron chi connectivity index (χ2n) is 4.70. The standard InChI is InChI=1S/C15H16N4O/c20-15(14-3-1-2-6-17-14)19-11-9-18(10-12-19)13-4-7-16-8-5-13/h1-8H,9-12H2. The summed E-state index contributed by atoms with van der Waals surface area (Å²) < 4.78 is 0. The fourth-order valence-corrected chi connectivity index (χ4v) is 2.37. The topological polar surface area (TPSA) is 49.3 Å². The van der Waals surface area contributed by atoms with Crippen LogP contribution in [-0.2, 0) is 0 Å². The van der Waals surface area contributed by atoms with Crippen molar-refractivity contribution in [3.63, 3.8) is 0 Å². The highest BCUT2D eigenvalue weighted by Gasteiger charge is 2.22. The smallest absolute Gasteiger partial charge is 0.272 e. The molecule has 102 valence electrons. The molecule has 0 aliphatic carbocycles. The van der Waals surface area contributed by atoms with E-state index < -0.39 is 0 Å². The largest absolute Gasteiger partial charge is 0.368 e. The summed E-state index contributed by atoms with van der Waals surface area (Å²) in [5, 5.41) is 0. The van der Waals surface area contributed by atoms with Gasteiger partial charge in [0.2, 0.25) is 0 Å². The Balaban J connectivity index is 1.63. The summed E-state index contributed by atoms with van der Waals surface area (Å²) in [6.07, 6.45) is 5.24. The number of amides is 1. The van der Waals surface area contributed by atoms with Gasteiger partial charge in [0.05, 0.1) is 0 Å². The molecule has 0 saturated carbocycles. The van der Waals surface area contributed by atoms with Crippen LogP contribution in [0.5, 0.6) is 0 Å². The molecule has 0 N–H and O–H groups in total. The van der Waals surface area contributed by atoms with Crippen LogP contribution in [0.25, 0.3) is 0 Å². The van der Waals surface area contributed by atoms with Crippen LogP contribution in [0.3, 0.4) is 0 Å². The summed E-state index contributed by atoms with van der Waals surface area (Å²) in [6.45, 7) is 3.11. The van der Waals surface area contributed by atoms with Gasteiger partial charge in [0.1, 0.15) is 5.69 Å². The summed E-state index contributed by atoms with van der Waals surface area (Å²) in [5.74, 6) is 0.0139. The Labute approximate surface area is 117 Å². The van der Waals surface area contributed by atoms with Crippen LogP contribution in [0.15, 0.2) is 48.9 Å². The van der Waals surface area contributed by atoms with E-state index in [1.54, 1.807) is 24.7 Å². The second kappa shape index (κ2) is 5.69. The summed E-state index contributed by atoms with van der Waals surface area (Å²) in [4.78, 5) is 24.5. The Hall–Kier alpha value is -2.43. The predicted molar refractivity (Wildman–Crippen MR) is 76.6 cm³/mol. The molecule has 0 unspecified atom stereocenters. The lowest BCUT2D eigenvalue weighted by molar-refractivity contribution is 0.0741. The number of piperazine rings is 1. The quantitative estimate of drug-likeness (QED) is 0.827. The first kappa shape index (κ1) is 12.6. The average Bonchev–Trinajstić information content (AvgIpc) is 2.56. The van der Waals surface area contributed by atoms with Crippen molar-refractivity contribution in [2.45, 2.75) is 0 Å². The molecule has 1 saturated heterocycles. The zero-order valence-electron chi connectivity index (χ0n) is 11.1. The lowest BCUT2D eigenvalue weighted by Gasteiger charge is -2.35. The minimum absolute atomic E-state index is 0.0139. The molecule has 1 amide bonds. The molecule has 0 spiro atoms. The van der Waals surface area contributed by atoms with Crippen LogP contribution < -0.4 is 4.90 Å². The molecular formula is C15H16N4O. The van der Waals surface area contributed by atoms with Gasteiger partial charge >= 0.3 is 0 Å². The molecule has 5 heteroatoms. The maximum absolute atomic E-state index is 12.3. The number of carbonyl (C=O) groups is 1. The van der Waals surface area contributed by atoms with Gasteiger partial charge in [0, 0.05) is 50.5 Å². The van der Waals surface area contributed by atoms with Gasteiger partial charge in [-0.2, -0.15) is 0 Å². The van der Waals surface area contributed by atoms with Gasteiger partial charge in [0.15, 0.2) is 0 Å². The fourth-order valence-electron chi connectivity index (χ4n) is 2.37. The van der Waals surface area contributed by atoms with E-state index in [1.165, 1.54) is 0 Å². The molecule has 2 aromatic rings. The minimum Gasteiger partial charge on any atom is -0.368 e. The number of pyridine rings is 2. The average molecular weight is 268 g/mol. The first-order valence-corrected chi connectivity index (χ1v) is 6.70. The van der Waals surface area contributed by atoms with Gasteiger partial charge in [-0.3, -0.25) is 14.8 Å². The third-order valence-electron chi connectivity index (χ3n) is 3.48. The monoisotopic (exact) mass is 268 g/mol. The van der Waals surface area contributed by atoms with E-state index in [0.29, 0.717) is 5.69 Å². The number of hydrogen-bond acceptors (Lipinski definition) is 4. The molecule has 20 heavy (non-hydrogen) atoms. The van der Waals surface area contributed by atoms with Gasteiger partial charge in [0.25, 0.3) is 5.91 Å². The SMILES string of the molecule is O=C(c1ccccn1)N1CCN(c2ccncc2)CC1. The van der Waals surface area contributed by atoms with Crippen molar-refractivity contribution in [3.05, 3.63) is 54.6 Å². The van der Waals surface area contributed by atoms with E-state index in [-0.39, 0.29) is 5.91 Å². The Morgan fingerprint density at radius 1 is 0.950 bits per heavy atom. The number of anilines is 1. The number of aromatic nitrogens is 2. The molecule has 5 nitrogen and oxygen atoms in total. The number of nitrogens with zero attached hydrogens (tertiary/aromatic N) is 4. The van der Waals surface area contributed by atoms with Crippen LogP contribution in [0.4, 0.5) is 5.69 Å². The van der Waals surface area contributed by atoms with Gasteiger partial charge in [-0.05, 0) is 24.3 Å². The van der Waals surface area contributed by atoms with E-state index >= 15 is 0 Å². The summed E-state index contributed by atoms with van der Waals surface area (Å²) in [6, 6.07) is 9.41. The van der Waals surface area contributed by atoms with E-state index in [2.05, 4.69) is 14.9 Å². The van der Waals surface area contributed by atoms with Crippen LogP contribution in [-0.4, -0.2) is 47.0 Å². The van der Waals surface area contributed by atoms with Crippen molar-refractivity contribution in [1.29, 1.82) is 0 Å². The normalized spacial score (nSPS) is 15.2. The van der Waals surface area contributed by atoms with Crippen molar-refractivity contribution in [1.82, 2.24) is 14.9 Å². The molecule has 3 rings (SSSR count). The molecule has 0 atom stereocenters. The molecule has 0 radical (unpaired) electrons. The molecule has 0 bridgehead atoms. The minimum atomic E-state index is 0.0139. The van der Waals surface area contributed by atoms with Crippen LogP contribution >= 0.6 is 0 Å². The first-order valence-electron chi connectivity index (χ1n) is 6.70. The Morgan fingerprint density at radius 2 is 1.70 bits per heavy atom. The second-order valence-corrected chi connectivity index (χ2v) is 4.70. The molecule has 0 aromatic carbocycles. The highest BCUT2D eigenvalue weighted by Crippen LogP contribution is 2.15. The Morgan fingerprint density at radius 3 is 2.35 bits per heavy atom. The fraction of sp³-hybridized carbons (Fsp3) is 0.267. The lowest BCUT2D eigenvalue weighted by atomic mass is 10.2. The highest BCUT2D eigenvalue weighted by atomic mass is 16.2. The van der Waals surface area contributed by atoms with Gasteiger partial charge in [-0.1, -0.05) is 6.07 Å². The molecule has 1 aliphatic rings. The molecule has 1 aliphatic heterocycles. The number of carbonyl (C=O) groups excluding carboxylic acids is 1. The third-order valence-corrected chi connectivity index (χ3v) is 3.48. The Bertz CT molecular complexity index is 565. The van der Waals surface area contributed by atoms with Crippen LogP contribution in [0.1, 0.15) is 10.5 Å². The van der Waals surface area contributed by atoms with Gasteiger partial charge in [-0.15, -0.1) is 0 Å². The van der Waals surface area contributed by atoms with Crippen molar-refractivity contribution >= 4 is 11.6 Å². The van der Waals surface area contributed by atoms with Gasteiger partial charge < -0.3 is 9.80 Å². The summed E-state index contributed by atoms with van der Waals surface area (Å²) in [7, 11) is 0. The molecular weight excluding hydrogens is 252 g/mol. The summed E-state index contributed by atoms with van der Waals surface area (Å²) >= 11 is 0. The maximum atomic E-state index is 12.3. The number of hydrogen-bond donors (Lipinski definition) is 0. The van der Waals surface area contributed by atoms with Gasteiger partial charge in [-0.25, -0.2) is 0 Å². The van der Waals surface area contributed by atoms with Crippen molar-refractivity contribution in [2.24, 2.45) is 0 Å². The predicted octanol–water partition coefficient (Wildman–Crippen LogP) is 1.44.